The minimum atomic E-state index is -3.59. The predicted octanol–water partition coefficient (Wildman–Crippen LogP) is 1.56. The van der Waals surface area contributed by atoms with Gasteiger partial charge in [-0.05, 0) is 63.9 Å². The number of nitrogens with zero attached hydrogens (tertiary/aromatic N) is 3. The summed E-state index contributed by atoms with van der Waals surface area (Å²) in [6.45, 7) is 3.40. The van der Waals surface area contributed by atoms with E-state index in [1.807, 2.05) is 6.07 Å². The lowest BCUT2D eigenvalue weighted by molar-refractivity contribution is -0.126. The van der Waals surface area contributed by atoms with Gasteiger partial charge >= 0.3 is 0 Å². The Bertz CT molecular complexity index is 835. The Morgan fingerprint density at radius 3 is 2.39 bits per heavy atom. The summed E-state index contributed by atoms with van der Waals surface area (Å²) in [4.78, 5) is 15.0. The van der Waals surface area contributed by atoms with Crippen molar-refractivity contribution in [1.82, 2.24) is 14.5 Å². The summed E-state index contributed by atoms with van der Waals surface area (Å²) in [5.74, 6) is -0.127. The maximum Gasteiger partial charge on any atom is 0.243 e. The molecule has 2 aliphatic rings. The fourth-order valence-electron chi connectivity index (χ4n) is 3.59. The summed E-state index contributed by atoms with van der Waals surface area (Å²) in [5.41, 5.74) is 0.427. The minimum Gasteiger partial charge on any atom is -0.354 e. The average molecular weight is 405 g/mol. The van der Waals surface area contributed by atoms with E-state index in [1.165, 1.54) is 41.4 Å². The number of nitrogens with one attached hydrogen (secondary N) is 1. The number of nitriles is 1. The second-order valence-corrected chi connectivity index (χ2v) is 9.74. The van der Waals surface area contributed by atoms with Crippen LogP contribution in [0.2, 0.25) is 0 Å². The van der Waals surface area contributed by atoms with Crippen LogP contribution in [0.15, 0.2) is 29.2 Å². The van der Waals surface area contributed by atoms with Crippen molar-refractivity contribution in [3.8, 4) is 6.07 Å². The molecule has 1 heterocycles. The van der Waals surface area contributed by atoms with Gasteiger partial charge in [0.25, 0.3) is 0 Å². The largest absolute Gasteiger partial charge is 0.354 e. The van der Waals surface area contributed by atoms with Crippen LogP contribution in [-0.2, 0) is 14.8 Å². The second-order valence-electron chi connectivity index (χ2n) is 7.81. The molecule has 0 aromatic heterocycles. The molecule has 1 aromatic carbocycles. The van der Waals surface area contributed by atoms with Crippen molar-refractivity contribution in [2.45, 2.75) is 49.6 Å². The summed E-state index contributed by atoms with van der Waals surface area (Å²) < 4.78 is 27.0. The van der Waals surface area contributed by atoms with Crippen molar-refractivity contribution in [3.05, 3.63) is 29.8 Å². The number of rotatable bonds is 7. The molecule has 28 heavy (non-hydrogen) atoms. The first kappa shape index (κ1) is 20.8. The zero-order valence-corrected chi connectivity index (χ0v) is 17.3. The number of benzene rings is 1. The van der Waals surface area contributed by atoms with Gasteiger partial charge in [0.15, 0.2) is 0 Å². The van der Waals surface area contributed by atoms with Gasteiger partial charge in [0.1, 0.15) is 0 Å². The topological polar surface area (TPSA) is 93.5 Å². The standard InChI is InChI=1S/C20H28N4O3S/c1-15(23(2)18-5-6-18)14-22-20(25)17-9-11-24(12-10-17)28(26,27)19-7-3-16(13-21)4-8-19/h3-4,7-8,15,17-18H,5-6,9-12,14H2,1-2H3,(H,22,25). The van der Waals surface area contributed by atoms with Crippen LogP contribution in [0.25, 0.3) is 0 Å². The van der Waals surface area contributed by atoms with Gasteiger partial charge < -0.3 is 5.32 Å². The van der Waals surface area contributed by atoms with E-state index < -0.39 is 10.0 Å². The summed E-state index contributed by atoms with van der Waals surface area (Å²) >= 11 is 0. The van der Waals surface area contributed by atoms with Crippen LogP contribution in [0.1, 0.15) is 38.2 Å². The van der Waals surface area contributed by atoms with E-state index in [-0.39, 0.29) is 16.7 Å². The van der Waals surface area contributed by atoms with Gasteiger partial charge in [-0.3, -0.25) is 9.69 Å². The SMILES string of the molecule is CC(CNC(=O)C1CCN(S(=O)(=O)c2ccc(C#N)cc2)CC1)N(C)C1CC1. The van der Waals surface area contributed by atoms with E-state index in [9.17, 15) is 13.2 Å². The average Bonchev–Trinajstić information content (AvgIpc) is 3.56. The Balaban J connectivity index is 1.50. The van der Waals surface area contributed by atoms with Crippen LogP contribution in [0.5, 0.6) is 0 Å². The maximum atomic E-state index is 12.8. The highest BCUT2D eigenvalue weighted by Crippen LogP contribution is 2.27. The zero-order valence-electron chi connectivity index (χ0n) is 16.5. The Kier molecular flexibility index (Phi) is 6.38. The van der Waals surface area contributed by atoms with Crippen molar-refractivity contribution < 1.29 is 13.2 Å². The van der Waals surface area contributed by atoms with E-state index >= 15 is 0 Å². The van der Waals surface area contributed by atoms with Gasteiger partial charge in [0, 0.05) is 37.6 Å². The third-order valence-electron chi connectivity index (χ3n) is 5.84. The molecule has 1 aliphatic heterocycles. The summed E-state index contributed by atoms with van der Waals surface area (Å²) in [7, 11) is -1.49. The molecule has 1 saturated heterocycles. The molecule has 7 nitrogen and oxygen atoms in total. The van der Waals surface area contributed by atoms with Gasteiger partial charge in [-0.25, -0.2) is 8.42 Å². The Morgan fingerprint density at radius 2 is 1.86 bits per heavy atom. The molecule has 1 aliphatic carbocycles. The molecule has 2 fully saturated rings. The number of piperidine rings is 1. The molecule has 152 valence electrons. The number of sulfonamides is 1. The Morgan fingerprint density at radius 1 is 1.25 bits per heavy atom. The summed E-state index contributed by atoms with van der Waals surface area (Å²) in [6.07, 6.45) is 3.52. The predicted molar refractivity (Wildman–Crippen MR) is 106 cm³/mol. The van der Waals surface area contributed by atoms with Crippen molar-refractivity contribution in [2.24, 2.45) is 5.92 Å². The van der Waals surface area contributed by atoms with Crippen LogP contribution in [0.4, 0.5) is 0 Å². The highest BCUT2D eigenvalue weighted by molar-refractivity contribution is 7.89. The van der Waals surface area contributed by atoms with Crippen LogP contribution in [0.3, 0.4) is 0 Å². The van der Waals surface area contributed by atoms with Crippen molar-refractivity contribution in [3.63, 3.8) is 0 Å². The molecule has 1 unspecified atom stereocenters. The number of amides is 1. The number of likely N-dealkylation sites (N-methyl/N-ethyl adjacent to an activating group) is 1. The lowest BCUT2D eigenvalue weighted by atomic mass is 9.97. The fraction of sp³-hybridized carbons (Fsp3) is 0.600. The molecular weight excluding hydrogens is 376 g/mol. The molecule has 1 atom stereocenters. The van der Waals surface area contributed by atoms with Gasteiger partial charge in [-0.2, -0.15) is 9.57 Å². The molecule has 1 aromatic rings. The zero-order chi connectivity index (χ0) is 20.3. The molecule has 1 saturated carbocycles. The fourth-order valence-corrected chi connectivity index (χ4v) is 5.06. The molecule has 0 spiro atoms. The van der Waals surface area contributed by atoms with Gasteiger partial charge in [0.05, 0.1) is 16.5 Å². The van der Waals surface area contributed by atoms with E-state index in [1.54, 1.807) is 0 Å². The summed E-state index contributed by atoms with van der Waals surface area (Å²) in [6, 6.07) is 8.88. The third kappa shape index (κ3) is 4.72. The lowest BCUT2D eigenvalue weighted by Gasteiger charge is -2.31. The molecule has 8 heteroatoms. The summed E-state index contributed by atoms with van der Waals surface area (Å²) in [5, 5.41) is 11.9. The monoisotopic (exact) mass is 404 g/mol. The Hall–Kier alpha value is -1.95. The van der Waals surface area contributed by atoms with Crippen LogP contribution in [-0.4, -0.2) is 62.3 Å². The molecule has 0 radical (unpaired) electrons. The number of hydrogen-bond acceptors (Lipinski definition) is 5. The molecule has 0 bridgehead atoms. The van der Waals surface area contributed by atoms with Gasteiger partial charge in [0.2, 0.25) is 15.9 Å². The highest BCUT2D eigenvalue weighted by atomic mass is 32.2. The first-order valence-corrected chi connectivity index (χ1v) is 11.3. The van der Waals surface area contributed by atoms with E-state index in [0.717, 1.165) is 0 Å². The molecular formula is C20H28N4O3S. The highest BCUT2D eigenvalue weighted by Gasteiger charge is 2.33. The van der Waals surface area contributed by atoms with Crippen LogP contribution in [0, 0.1) is 17.2 Å². The normalized spacial score (nSPS) is 19.9. The smallest absolute Gasteiger partial charge is 0.243 e. The maximum absolute atomic E-state index is 12.8. The molecule has 1 N–H and O–H groups in total. The van der Waals surface area contributed by atoms with Crippen LogP contribution >= 0.6 is 0 Å². The van der Waals surface area contributed by atoms with E-state index in [0.29, 0.717) is 50.1 Å². The van der Waals surface area contributed by atoms with Crippen molar-refractivity contribution >= 4 is 15.9 Å². The third-order valence-corrected chi connectivity index (χ3v) is 7.75. The number of carbonyl (C=O) groups excluding carboxylic acids is 1. The first-order chi connectivity index (χ1) is 13.3. The van der Waals surface area contributed by atoms with Gasteiger partial charge in [-0.15, -0.1) is 0 Å². The number of hydrogen-bond donors (Lipinski definition) is 1. The van der Waals surface area contributed by atoms with E-state index in [4.69, 9.17) is 5.26 Å². The Labute approximate surface area is 167 Å². The molecule has 3 rings (SSSR count). The van der Waals surface area contributed by atoms with Gasteiger partial charge in [-0.1, -0.05) is 0 Å². The van der Waals surface area contributed by atoms with Crippen molar-refractivity contribution in [2.75, 3.05) is 26.7 Å². The van der Waals surface area contributed by atoms with Crippen LogP contribution < -0.4 is 5.32 Å². The second kappa shape index (κ2) is 8.60. The first-order valence-electron chi connectivity index (χ1n) is 9.83. The minimum absolute atomic E-state index is 0.0199. The molecule has 1 amide bonds. The quantitative estimate of drug-likeness (QED) is 0.744. The lowest BCUT2D eigenvalue weighted by Crippen LogP contribution is -2.46. The van der Waals surface area contributed by atoms with Crippen molar-refractivity contribution in [1.29, 1.82) is 5.26 Å². The van der Waals surface area contributed by atoms with E-state index in [2.05, 4.69) is 24.2 Å². The number of carbonyl (C=O) groups is 1.